The maximum atomic E-state index is 12.7. The van der Waals surface area contributed by atoms with Crippen LogP contribution in [0.2, 0.25) is 5.02 Å². The van der Waals surface area contributed by atoms with Crippen LogP contribution in [0, 0.1) is 6.92 Å². The maximum absolute atomic E-state index is 12.7. The third kappa shape index (κ3) is 6.15. The number of methoxy groups -OCH3 is 1. The van der Waals surface area contributed by atoms with Gasteiger partial charge in [0.2, 0.25) is 5.91 Å². The second-order valence-electron chi connectivity index (χ2n) is 7.75. The predicted molar refractivity (Wildman–Crippen MR) is 139 cm³/mol. The van der Waals surface area contributed by atoms with Gasteiger partial charge in [-0.25, -0.2) is 0 Å². The number of carbonyl (C=O) groups is 1. The molecule has 9 heteroatoms. The van der Waals surface area contributed by atoms with Crippen LogP contribution in [-0.2, 0) is 4.79 Å². The molecule has 0 spiro atoms. The molecule has 0 aliphatic carbocycles. The number of ether oxygens (including phenoxy) is 2. The van der Waals surface area contributed by atoms with Crippen molar-refractivity contribution in [2.45, 2.75) is 25.1 Å². The molecule has 4 aromatic rings. The van der Waals surface area contributed by atoms with Gasteiger partial charge in [-0.05, 0) is 61.9 Å². The second kappa shape index (κ2) is 11.3. The fraction of sp³-hybridized carbons (Fsp3) is 0.192. The van der Waals surface area contributed by atoms with Crippen molar-refractivity contribution in [2.75, 3.05) is 18.2 Å². The second-order valence-corrected chi connectivity index (χ2v) is 9.13. The highest BCUT2D eigenvalue weighted by Gasteiger charge is 2.22. The number of carbonyl (C=O) groups excluding carboxylic acids is 1. The molecule has 0 bridgehead atoms. The number of hydrogen-bond donors (Lipinski definition) is 1. The smallest absolute Gasteiger partial charge is 0.234 e. The van der Waals surface area contributed by atoms with E-state index in [0.29, 0.717) is 27.5 Å². The highest BCUT2D eigenvalue weighted by molar-refractivity contribution is 7.99. The Morgan fingerprint density at radius 1 is 1.06 bits per heavy atom. The van der Waals surface area contributed by atoms with Crippen LogP contribution in [0.5, 0.6) is 11.5 Å². The molecule has 0 saturated carbocycles. The number of hydrogen-bond acceptors (Lipinski definition) is 6. The molecule has 1 atom stereocenters. The Kier molecular flexibility index (Phi) is 7.94. The van der Waals surface area contributed by atoms with Gasteiger partial charge in [-0.3, -0.25) is 9.36 Å². The van der Waals surface area contributed by atoms with Gasteiger partial charge in [0.05, 0.1) is 12.9 Å². The number of benzene rings is 3. The Balaban J connectivity index is 1.54. The lowest BCUT2D eigenvalue weighted by molar-refractivity contribution is -0.113. The van der Waals surface area contributed by atoms with E-state index < -0.39 is 6.10 Å². The Morgan fingerprint density at radius 3 is 2.57 bits per heavy atom. The van der Waals surface area contributed by atoms with Gasteiger partial charge in [0.1, 0.15) is 11.5 Å². The molecule has 0 aliphatic heterocycles. The summed E-state index contributed by atoms with van der Waals surface area (Å²) in [7, 11) is 1.61. The highest BCUT2D eigenvalue weighted by atomic mass is 35.5. The number of aryl methyl sites for hydroxylation is 1. The molecule has 1 unspecified atom stereocenters. The molecule has 0 aliphatic rings. The van der Waals surface area contributed by atoms with E-state index in [0.717, 1.165) is 16.9 Å². The largest absolute Gasteiger partial charge is 0.497 e. The first kappa shape index (κ1) is 24.6. The number of nitrogens with zero attached hydrogens (tertiary/aromatic N) is 3. The molecule has 0 saturated heterocycles. The quantitative estimate of drug-likeness (QED) is 0.275. The number of para-hydroxylation sites is 1. The van der Waals surface area contributed by atoms with Gasteiger partial charge in [-0.15, -0.1) is 10.2 Å². The Bertz CT molecular complexity index is 1310. The lowest BCUT2D eigenvalue weighted by atomic mass is 10.2. The number of amides is 1. The first-order valence-electron chi connectivity index (χ1n) is 10.9. The zero-order valence-electron chi connectivity index (χ0n) is 19.6. The van der Waals surface area contributed by atoms with Crippen LogP contribution in [0.3, 0.4) is 0 Å². The van der Waals surface area contributed by atoms with Crippen molar-refractivity contribution in [3.8, 4) is 17.2 Å². The maximum Gasteiger partial charge on any atom is 0.234 e. The minimum absolute atomic E-state index is 0.148. The van der Waals surface area contributed by atoms with Crippen molar-refractivity contribution in [3.63, 3.8) is 0 Å². The molecular formula is C26H25ClN4O3S. The number of thioether (sulfide) groups is 1. The van der Waals surface area contributed by atoms with E-state index in [4.69, 9.17) is 21.1 Å². The third-order valence-corrected chi connectivity index (χ3v) is 6.35. The van der Waals surface area contributed by atoms with Crippen LogP contribution < -0.4 is 14.8 Å². The van der Waals surface area contributed by atoms with Crippen LogP contribution in [-0.4, -0.2) is 33.5 Å². The zero-order chi connectivity index (χ0) is 24.8. The normalized spacial score (nSPS) is 11.7. The van der Waals surface area contributed by atoms with Gasteiger partial charge in [-0.2, -0.15) is 0 Å². The fourth-order valence-electron chi connectivity index (χ4n) is 3.47. The van der Waals surface area contributed by atoms with Crippen LogP contribution in [0.15, 0.2) is 78.0 Å². The van der Waals surface area contributed by atoms with E-state index in [1.165, 1.54) is 11.8 Å². The molecule has 0 fully saturated rings. The summed E-state index contributed by atoms with van der Waals surface area (Å²) >= 11 is 7.32. The van der Waals surface area contributed by atoms with Gasteiger partial charge >= 0.3 is 0 Å². The minimum atomic E-state index is -0.408. The van der Waals surface area contributed by atoms with Gasteiger partial charge in [0, 0.05) is 22.5 Å². The monoisotopic (exact) mass is 508 g/mol. The summed E-state index contributed by atoms with van der Waals surface area (Å²) in [6.07, 6.45) is -0.408. The Hall–Kier alpha value is -3.49. The SMILES string of the molecule is COc1cccc(OC(C)c2nnc(SCC(=O)Nc3ccc(Cl)cc3C)n2-c2ccccc2)c1. The number of aromatic nitrogens is 3. The van der Waals surface area contributed by atoms with Gasteiger partial charge in [0.25, 0.3) is 0 Å². The van der Waals surface area contributed by atoms with Crippen molar-refractivity contribution >= 4 is 35.0 Å². The standard InChI is InChI=1S/C26H25ClN4O3S/c1-17-14-19(27)12-13-23(17)28-24(32)16-35-26-30-29-25(31(26)20-8-5-4-6-9-20)18(2)34-22-11-7-10-21(15-22)33-3/h4-15,18H,16H2,1-3H3,(H,28,32). The average molecular weight is 509 g/mol. The molecule has 7 nitrogen and oxygen atoms in total. The summed E-state index contributed by atoms with van der Waals surface area (Å²) in [4.78, 5) is 12.7. The molecule has 1 aromatic heterocycles. The van der Waals surface area contributed by atoms with Gasteiger partial charge in [0.15, 0.2) is 17.1 Å². The Labute approximate surface area is 213 Å². The molecule has 4 rings (SSSR count). The fourth-order valence-corrected chi connectivity index (χ4v) is 4.46. The van der Waals surface area contributed by atoms with Crippen molar-refractivity contribution in [1.29, 1.82) is 0 Å². The topological polar surface area (TPSA) is 78.3 Å². The number of anilines is 1. The summed E-state index contributed by atoms with van der Waals surface area (Å²) < 4.78 is 13.3. The summed E-state index contributed by atoms with van der Waals surface area (Å²) in [5.41, 5.74) is 2.50. The summed E-state index contributed by atoms with van der Waals surface area (Å²) in [5, 5.41) is 12.9. The molecule has 1 N–H and O–H groups in total. The zero-order valence-corrected chi connectivity index (χ0v) is 21.1. The summed E-state index contributed by atoms with van der Waals surface area (Å²) in [5.74, 6) is 2.00. The van der Waals surface area contributed by atoms with E-state index in [-0.39, 0.29) is 11.7 Å². The molecular weight excluding hydrogens is 484 g/mol. The van der Waals surface area contributed by atoms with Crippen LogP contribution in [0.25, 0.3) is 5.69 Å². The number of nitrogens with one attached hydrogen (secondary N) is 1. The first-order valence-corrected chi connectivity index (χ1v) is 12.3. The Morgan fingerprint density at radius 2 is 1.83 bits per heavy atom. The third-order valence-electron chi connectivity index (χ3n) is 5.19. The van der Waals surface area contributed by atoms with Gasteiger partial charge < -0.3 is 14.8 Å². The molecule has 1 heterocycles. The van der Waals surface area contributed by atoms with E-state index in [9.17, 15) is 4.79 Å². The molecule has 0 radical (unpaired) electrons. The predicted octanol–water partition coefficient (Wildman–Crippen LogP) is 6.11. The molecule has 1 amide bonds. The van der Waals surface area contributed by atoms with Gasteiger partial charge in [-0.1, -0.05) is 47.6 Å². The van der Waals surface area contributed by atoms with Crippen LogP contribution >= 0.6 is 23.4 Å². The van der Waals surface area contributed by atoms with E-state index in [1.807, 2.05) is 79.1 Å². The lowest BCUT2D eigenvalue weighted by Crippen LogP contribution is -2.16. The molecule has 3 aromatic carbocycles. The first-order chi connectivity index (χ1) is 16.9. The summed E-state index contributed by atoms with van der Waals surface area (Å²) in [6.45, 7) is 3.81. The number of halogens is 1. The van der Waals surface area contributed by atoms with E-state index in [2.05, 4.69) is 15.5 Å². The highest BCUT2D eigenvalue weighted by Crippen LogP contribution is 2.29. The summed E-state index contributed by atoms with van der Waals surface area (Å²) in [6, 6.07) is 22.5. The van der Waals surface area contributed by atoms with E-state index in [1.54, 1.807) is 19.2 Å². The lowest BCUT2D eigenvalue weighted by Gasteiger charge is -2.17. The minimum Gasteiger partial charge on any atom is -0.497 e. The van der Waals surface area contributed by atoms with E-state index >= 15 is 0 Å². The molecule has 180 valence electrons. The van der Waals surface area contributed by atoms with Crippen molar-refractivity contribution in [2.24, 2.45) is 0 Å². The van der Waals surface area contributed by atoms with Crippen LogP contribution in [0.4, 0.5) is 5.69 Å². The van der Waals surface area contributed by atoms with Crippen molar-refractivity contribution in [3.05, 3.63) is 89.2 Å². The number of rotatable bonds is 9. The average Bonchev–Trinajstić information content (AvgIpc) is 3.29. The van der Waals surface area contributed by atoms with Crippen molar-refractivity contribution in [1.82, 2.24) is 14.8 Å². The van der Waals surface area contributed by atoms with Crippen LogP contribution in [0.1, 0.15) is 24.4 Å². The van der Waals surface area contributed by atoms with Crippen molar-refractivity contribution < 1.29 is 14.3 Å². The molecule has 35 heavy (non-hydrogen) atoms.